The zero-order chi connectivity index (χ0) is 18.4. The number of aliphatic hydroxyl groups is 1. The van der Waals surface area contributed by atoms with Gasteiger partial charge in [0.05, 0.1) is 25.2 Å². The largest absolute Gasteiger partial charge is 0.388 e. The number of rotatable bonds is 6. The first-order valence-electron chi connectivity index (χ1n) is 9.30. The van der Waals surface area contributed by atoms with Gasteiger partial charge in [-0.05, 0) is 36.5 Å². The number of benzene rings is 2. The summed E-state index contributed by atoms with van der Waals surface area (Å²) >= 11 is 0. The van der Waals surface area contributed by atoms with Crippen LogP contribution in [0, 0.1) is 6.92 Å². The van der Waals surface area contributed by atoms with Crippen molar-refractivity contribution in [3.8, 4) is 0 Å². The van der Waals surface area contributed by atoms with Crippen LogP contribution >= 0.6 is 0 Å². The van der Waals surface area contributed by atoms with Gasteiger partial charge < -0.3 is 14.7 Å². The highest BCUT2D eigenvalue weighted by molar-refractivity contribution is 5.77. The summed E-state index contributed by atoms with van der Waals surface area (Å²) < 4.78 is 6.04. The van der Waals surface area contributed by atoms with Crippen LogP contribution in [-0.2, 0) is 16.1 Å². The van der Waals surface area contributed by atoms with Crippen molar-refractivity contribution in [2.45, 2.75) is 45.0 Å². The van der Waals surface area contributed by atoms with Gasteiger partial charge in [-0.3, -0.25) is 4.79 Å². The van der Waals surface area contributed by atoms with Crippen LogP contribution in [0.25, 0.3) is 0 Å². The summed E-state index contributed by atoms with van der Waals surface area (Å²) in [6.45, 7) is 4.10. The molecule has 1 N–H and O–H groups in total. The first-order chi connectivity index (χ1) is 12.6. The Hall–Kier alpha value is -2.17. The van der Waals surface area contributed by atoms with Gasteiger partial charge in [0.1, 0.15) is 0 Å². The Balaban J connectivity index is 1.43. The van der Waals surface area contributed by atoms with Crippen LogP contribution in [0.2, 0.25) is 0 Å². The van der Waals surface area contributed by atoms with E-state index in [2.05, 4.69) is 19.1 Å². The molecule has 4 heteroatoms. The fraction of sp³-hybridized carbons (Fsp3) is 0.409. The highest BCUT2D eigenvalue weighted by Gasteiger charge is 2.25. The lowest BCUT2D eigenvalue weighted by atomic mass is 10.0. The minimum Gasteiger partial charge on any atom is -0.388 e. The SMILES string of the molecule is Cc1ccccc1COC1CCN(C(=O)CC(O)c2ccccc2)CC1. The van der Waals surface area contributed by atoms with E-state index in [-0.39, 0.29) is 18.4 Å². The number of carbonyl (C=O) groups excluding carboxylic acids is 1. The fourth-order valence-corrected chi connectivity index (χ4v) is 3.34. The molecule has 1 saturated heterocycles. The molecule has 1 aliphatic rings. The lowest BCUT2D eigenvalue weighted by Gasteiger charge is -2.32. The minimum absolute atomic E-state index is 0.0127. The molecular weight excluding hydrogens is 326 g/mol. The molecule has 3 rings (SSSR count). The van der Waals surface area contributed by atoms with Gasteiger partial charge >= 0.3 is 0 Å². The van der Waals surface area contributed by atoms with Crippen molar-refractivity contribution in [2.75, 3.05) is 13.1 Å². The second-order valence-electron chi connectivity index (χ2n) is 6.95. The summed E-state index contributed by atoms with van der Waals surface area (Å²) in [5, 5.41) is 10.2. The van der Waals surface area contributed by atoms with Gasteiger partial charge in [0.25, 0.3) is 0 Å². The Labute approximate surface area is 155 Å². The Bertz CT molecular complexity index is 708. The van der Waals surface area contributed by atoms with Gasteiger partial charge in [-0.15, -0.1) is 0 Å². The number of hydrogen-bond donors (Lipinski definition) is 1. The molecule has 1 aliphatic heterocycles. The van der Waals surface area contributed by atoms with E-state index in [9.17, 15) is 9.90 Å². The third kappa shape index (κ3) is 4.93. The van der Waals surface area contributed by atoms with Gasteiger partial charge in [0, 0.05) is 13.1 Å². The molecule has 1 fully saturated rings. The number of ether oxygens (including phenoxy) is 1. The number of nitrogens with zero attached hydrogens (tertiary/aromatic N) is 1. The third-order valence-corrected chi connectivity index (χ3v) is 5.08. The predicted octanol–water partition coefficient (Wildman–Crippen LogP) is 3.63. The van der Waals surface area contributed by atoms with Crippen molar-refractivity contribution in [3.63, 3.8) is 0 Å². The molecule has 0 aromatic heterocycles. The molecule has 2 aromatic rings. The van der Waals surface area contributed by atoms with Crippen molar-refractivity contribution in [1.29, 1.82) is 0 Å². The summed E-state index contributed by atoms with van der Waals surface area (Å²) in [5.74, 6) is 0.0127. The van der Waals surface area contributed by atoms with Crippen LogP contribution in [-0.4, -0.2) is 35.1 Å². The Morgan fingerprint density at radius 1 is 1.12 bits per heavy atom. The number of piperidine rings is 1. The first-order valence-corrected chi connectivity index (χ1v) is 9.30. The van der Waals surface area contributed by atoms with Crippen molar-refractivity contribution in [2.24, 2.45) is 0 Å². The minimum atomic E-state index is -0.737. The van der Waals surface area contributed by atoms with Crippen LogP contribution in [0.15, 0.2) is 54.6 Å². The molecule has 1 atom stereocenters. The van der Waals surface area contributed by atoms with E-state index in [4.69, 9.17) is 4.74 Å². The van der Waals surface area contributed by atoms with Crippen LogP contribution in [0.5, 0.6) is 0 Å². The predicted molar refractivity (Wildman–Crippen MR) is 102 cm³/mol. The summed E-state index contributed by atoms with van der Waals surface area (Å²) in [4.78, 5) is 14.3. The third-order valence-electron chi connectivity index (χ3n) is 5.08. The number of carbonyl (C=O) groups is 1. The van der Waals surface area contributed by atoms with Gasteiger partial charge in [-0.1, -0.05) is 54.6 Å². The zero-order valence-corrected chi connectivity index (χ0v) is 15.3. The molecule has 138 valence electrons. The summed E-state index contributed by atoms with van der Waals surface area (Å²) in [5.41, 5.74) is 3.25. The molecule has 0 bridgehead atoms. The van der Waals surface area contributed by atoms with Crippen LogP contribution in [0.1, 0.15) is 42.1 Å². The van der Waals surface area contributed by atoms with E-state index in [1.54, 1.807) is 0 Å². The Morgan fingerprint density at radius 3 is 2.46 bits per heavy atom. The molecule has 1 heterocycles. The van der Waals surface area contributed by atoms with Crippen molar-refractivity contribution in [1.82, 2.24) is 4.90 Å². The molecule has 0 aliphatic carbocycles. The second kappa shape index (κ2) is 8.97. The molecule has 4 nitrogen and oxygen atoms in total. The van der Waals surface area contributed by atoms with E-state index < -0.39 is 6.10 Å². The van der Waals surface area contributed by atoms with E-state index in [1.165, 1.54) is 11.1 Å². The molecule has 1 unspecified atom stereocenters. The maximum Gasteiger partial charge on any atom is 0.225 e. The monoisotopic (exact) mass is 353 g/mol. The highest BCUT2D eigenvalue weighted by Crippen LogP contribution is 2.21. The van der Waals surface area contributed by atoms with Crippen LogP contribution in [0.4, 0.5) is 0 Å². The maximum atomic E-state index is 12.4. The molecule has 0 saturated carbocycles. The fourth-order valence-electron chi connectivity index (χ4n) is 3.34. The molecule has 2 aromatic carbocycles. The summed E-state index contributed by atoms with van der Waals surface area (Å²) in [7, 11) is 0. The van der Waals surface area contributed by atoms with Crippen molar-refractivity contribution < 1.29 is 14.6 Å². The van der Waals surface area contributed by atoms with Gasteiger partial charge in [0.2, 0.25) is 5.91 Å². The smallest absolute Gasteiger partial charge is 0.225 e. The Kier molecular flexibility index (Phi) is 6.42. The van der Waals surface area contributed by atoms with Gasteiger partial charge in [0.15, 0.2) is 0 Å². The van der Waals surface area contributed by atoms with E-state index in [0.29, 0.717) is 19.7 Å². The van der Waals surface area contributed by atoms with E-state index in [1.807, 2.05) is 47.4 Å². The number of likely N-dealkylation sites (tertiary alicyclic amines) is 1. The molecular formula is C22H27NO3. The van der Waals surface area contributed by atoms with E-state index in [0.717, 1.165) is 18.4 Å². The molecule has 0 spiro atoms. The van der Waals surface area contributed by atoms with Crippen LogP contribution in [0.3, 0.4) is 0 Å². The van der Waals surface area contributed by atoms with E-state index >= 15 is 0 Å². The summed E-state index contributed by atoms with van der Waals surface area (Å²) in [6.07, 6.45) is 1.29. The van der Waals surface area contributed by atoms with Crippen LogP contribution < -0.4 is 0 Å². The average molecular weight is 353 g/mol. The van der Waals surface area contributed by atoms with Crippen molar-refractivity contribution in [3.05, 3.63) is 71.3 Å². The zero-order valence-electron chi connectivity index (χ0n) is 15.3. The number of amides is 1. The van der Waals surface area contributed by atoms with Gasteiger partial charge in [-0.25, -0.2) is 0 Å². The van der Waals surface area contributed by atoms with Crippen molar-refractivity contribution >= 4 is 5.91 Å². The number of aliphatic hydroxyl groups excluding tert-OH is 1. The number of aryl methyl sites for hydroxylation is 1. The standard InChI is InChI=1S/C22H27NO3/c1-17-7-5-6-10-19(17)16-26-20-11-13-23(14-12-20)22(25)15-21(24)18-8-3-2-4-9-18/h2-10,20-21,24H,11-16H2,1H3. The highest BCUT2D eigenvalue weighted by atomic mass is 16.5. The average Bonchev–Trinajstić information content (AvgIpc) is 2.68. The maximum absolute atomic E-state index is 12.4. The topological polar surface area (TPSA) is 49.8 Å². The Morgan fingerprint density at radius 2 is 1.77 bits per heavy atom. The molecule has 1 amide bonds. The molecule has 0 radical (unpaired) electrons. The number of hydrogen-bond acceptors (Lipinski definition) is 3. The lowest BCUT2D eigenvalue weighted by molar-refractivity contribution is -0.136. The normalized spacial score (nSPS) is 16.5. The molecule has 26 heavy (non-hydrogen) atoms. The van der Waals surface area contributed by atoms with Gasteiger partial charge in [-0.2, -0.15) is 0 Å². The summed E-state index contributed by atoms with van der Waals surface area (Å²) in [6, 6.07) is 17.6. The second-order valence-corrected chi connectivity index (χ2v) is 6.95. The first kappa shape index (κ1) is 18.6. The lowest BCUT2D eigenvalue weighted by Crippen LogP contribution is -2.41. The quantitative estimate of drug-likeness (QED) is 0.863.